The lowest BCUT2D eigenvalue weighted by molar-refractivity contribution is 0.0999. The van der Waals surface area contributed by atoms with Crippen molar-refractivity contribution >= 4 is 5.91 Å². The van der Waals surface area contributed by atoms with Gasteiger partial charge in [-0.15, -0.1) is 0 Å². The Balaban J connectivity index is 2.46. The summed E-state index contributed by atoms with van der Waals surface area (Å²) in [5.41, 5.74) is 14.1. The summed E-state index contributed by atoms with van der Waals surface area (Å²) in [6.07, 6.45) is 2.67. The molecule has 74 valence electrons. The quantitative estimate of drug-likeness (QED) is 0.681. The zero-order chi connectivity index (χ0) is 10.1. The molecule has 3 heteroatoms. The average molecular weight is 190 g/mol. The van der Waals surface area contributed by atoms with Gasteiger partial charge in [0.05, 0.1) is 0 Å². The largest absolute Gasteiger partial charge is 0.366 e. The molecule has 0 bridgehead atoms. The Kier molecular flexibility index (Phi) is 2.25. The van der Waals surface area contributed by atoms with Gasteiger partial charge in [0.1, 0.15) is 0 Å². The molecule has 1 unspecified atom stereocenters. The maximum Gasteiger partial charge on any atom is 0.248 e. The van der Waals surface area contributed by atoms with Crippen LogP contribution in [0.25, 0.3) is 0 Å². The van der Waals surface area contributed by atoms with Crippen LogP contribution in [0.3, 0.4) is 0 Å². The highest BCUT2D eigenvalue weighted by Gasteiger charge is 2.19. The van der Waals surface area contributed by atoms with E-state index >= 15 is 0 Å². The second-order valence-corrected chi connectivity index (χ2v) is 3.81. The van der Waals surface area contributed by atoms with Crippen LogP contribution in [0.4, 0.5) is 0 Å². The van der Waals surface area contributed by atoms with E-state index in [9.17, 15) is 4.79 Å². The van der Waals surface area contributed by atoms with Crippen molar-refractivity contribution in [1.29, 1.82) is 0 Å². The summed E-state index contributed by atoms with van der Waals surface area (Å²) in [5, 5.41) is 0. The molecule has 0 radical (unpaired) electrons. The molecular weight excluding hydrogens is 176 g/mol. The number of hydrogen-bond acceptors (Lipinski definition) is 2. The summed E-state index contributed by atoms with van der Waals surface area (Å²) < 4.78 is 0. The third kappa shape index (κ3) is 1.51. The Labute approximate surface area is 83.1 Å². The van der Waals surface area contributed by atoms with E-state index in [1.807, 2.05) is 12.1 Å². The van der Waals surface area contributed by atoms with Gasteiger partial charge in [-0.25, -0.2) is 0 Å². The minimum Gasteiger partial charge on any atom is -0.366 e. The van der Waals surface area contributed by atoms with Gasteiger partial charge >= 0.3 is 0 Å². The molecule has 0 saturated carbocycles. The van der Waals surface area contributed by atoms with Crippen LogP contribution < -0.4 is 11.5 Å². The molecule has 14 heavy (non-hydrogen) atoms. The van der Waals surface area contributed by atoms with Crippen LogP contribution in [0.1, 0.15) is 27.9 Å². The lowest BCUT2D eigenvalue weighted by atomic mass is 9.86. The molecule has 4 N–H and O–H groups in total. The van der Waals surface area contributed by atoms with Gasteiger partial charge in [0.2, 0.25) is 5.91 Å². The van der Waals surface area contributed by atoms with Crippen LogP contribution in [0.5, 0.6) is 0 Å². The van der Waals surface area contributed by atoms with E-state index in [1.165, 1.54) is 5.56 Å². The van der Waals surface area contributed by atoms with Crippen molar-refractivity contribution in [1.82, 2.24) is 0 Å². The van der Waals surface area contributed by atoms with Crippen LogP contribution in [0, 0.1) is 0 Å². The number of rotatable bonds is 1. The van der Waals surface area contributed by atoms with Crippen LogP contribution in [0.2, 0.25) is 0 Å². The van der Waals surface area contributed by atoms with Crippen LogP contribution in [-0.4, -0.2) is 11.9 Å². The molecule has 0 aromatic heterocycles. The van der Waals surface area contributed by atoms with Crippen molar-refractivity contribution in [3.63, 3.8) is 0 Å². The lowest BCUT2D eigenvalue weighted by Gasteiger charge is -2.22. The smallest absolute Gasteiger partial charge is 0.248 e. The first kappa shape index (κ1) is 9.21. The van der Waals surface area contributed by atoms with Crippen LogP contribution in [0.15, 0.2) is 18.2 Å². The van der Waals surface area contributed by atoms with Gasteiger partial charge in [-0.3, -0.25) is 4.79 Å². The summed E-state index contributed by atoms with van der Waals surface area (Å²) >= 11 is 0. The summed E-state index contributed by atoms with van der Waals surface area (Å²) in [6.45, 7) is 0. The Bertz CT molecular complexity index is 374. The number of amides is 1. The molecule has 1 amide bonds. The third-order valence-corrected chi connectivity index (χ3v) is 2.79. The van der Waals surface area contributed by atoms with Gasteiger partial charge in [0.15, 0.2) is 0 Å². The third-order valence-electron chi connectivity index (χ3n) is 2.79. The highest BCUT2D eigenvalue weighted by Crippen LogP contribution is 2.23. The zero-order valence-electron chi connectivity index (χ0n) is 7.99. The van der Waals surface area contributed by atoms with Crippen molar-refractivity contribution in [3.05, 3.63) is 34.9 Å². The second kappa shape index (κ2) is 3.42. The van der Waals surface area contributed by atoms with Gasteiger partial charge in [-0.2, -0.15) is 0 Å². The van der Waals surface area contributed by atoms with Crippen LogP contribution >= 0.6 is 0 Å². The highest BCUT2D eigenvalue weighted by molar-refractivity contribution is 5.94. The second-order valence-electron chi connectivity index (χ2n) is 3.81. The molecular formula is C11H14N2O. The Morgan fingerprint density at radius 1 is 1.43 bits per heavy atom. The highest BCUT2D eigenvalue weighted by atomic mass is 16.1. The molecule has 1 atom stereocenters. The number of nitrogens with two attached hydrogens (primary N) is 2. The molecule has 1 aromatic rings. The first-order valence-electron chi connectivity index (χ1n) is 4.84. The van der Waals surface area contributed by atoms with E-state index in [2.05, 4.69) is 0 Å². The Hall–Kier alpha value is -1.35. The van der Waals surface area contributed by atoms with Gasteiger partial charge in [-0.05, 0) is 36.5 Å². The molecule has 0 heterocycles. The molecule has 3 nitrogen and oxygen atoms in total. The number of hydrogen-bond donors (Lipinski definition) is 2. The predicted octanol–water partition coefficient (Wildman–Crippen LogP) is 0.602. The number of fused-ring (bicyclic) bond motifs is 1. The molecule has 1 aliphatic rings. The molecule has 0 spiro atoms. The zero-order valence-corrected chi connectivity index (χ0v) is 7.99. The SMILES string of the molecule is NC(=O)c1cccc2c1CCC(N)C2. The molecule has 2 rings (SSSR count). The topological polar surface area (TPSA) is 69.1 Å². The summed E-state index contributed by atoms with van der Waals surface area (Å²) in [6, 6.07) is 5.92. The Morgan fingerprint density at radius 3 is 2.93 bits per heavy atom. The van der Waals surface area contributed by atoms with E-state index < -0.39 is 0 Å². The fraction of sp³-hybridized carbons (Fsp3) is 0.364. The maximum atomic E-state index is 11.1. The summed E-state index contributed by atoms with van der Waals surface area (Å²) in [5.74, 6) is -0.336. The van der Waals surface area contributed by atoms with Crippen molar-refractivity contribution in [3.8, 4) is 0 Å². The van der Waals surface area contributed by atoms with Crippen LogP contribution in [-0.2, 0) is 12.8 Å². The molecule has 0 saturated heterocycles. The fourth-order valence-electron chi connectivity index (χ4n) is 2.07. The standard InChI is InChI=1S/C11H14N2O/c12-8-4-5-9-7(6-8)2-1-3-10(9)11(13)14/h1-3,8H,4-6,12H2,(H2,13,14). The summed E-state index contributed by atoms with van der Waals surface area (Å²) in [7, 11) is 0. The van der Waals surface area contributed by atoms with E-state index in [-0.39, 0.29) is 11.9 Å². The first-order valence-corrected chi connectivity index (χ1v) is 4.84. The first-order chi connectivity index (χ1) is 6.68. The van der Waals surface area contributed by atoms with E-state index in [0.717, 1.165) is 24.8 Å². The van der Waals surface area contributed by atoms with Gasteiger partial charge in [-0.1, -0.05) is 12.1 Å². The minimum atomic E-state index is -0.336. The van der Waals surface area contributed by atoms with Crippen molar-refractivity contribution in [2.45, 2.75) is 25.3 Å². The van der Waals surface area contributed by atoms with E-state index in [0.29, 0.717) is 5.56 Å². The molecule has 1 aliphatic carbocycles. The normalized spacial score (nSPS) is 20.2. The fourth-order valence-corrected chi connectivity index (χ4v) is 2.07. The number of benzene rings is 1. The minimum absolute atomic E-state index is 0.227. The lowest BCUT2D eigenvalue weighted by Crippen LogP contribution is -2.29. The molecule has 0 aliphatic heterocycles. The monoisotopic (exact) mass is 190 g/mol. The average Bonchev–Trinajstić information content (AvgIpc) is 2.16. The number of carbonyl (C=O) groups is 1. The van der Waals surface area contributed by atoms with Crippen molar-refractivity contribution in [2.24, 2.45) is 11.5 Å². The van der Waals surface area contributed by atoms with Crippen molar-refractivity contribution in [2.75, 3.05) is 0 Å². The Morgan fingerprint density at radius 2 is 2.21 bits per heavy atom. The summed E-state index contributed by atoms with van der Waals surface area (Å²) in [4.78, 5) is 11.1. The van der Waals surface area contributed by atoms with E-state index in [4.69, 9.17) is 11.5 Å². The number of primary amides is 1. The molecule has 0 fully saturated rings. The van der Waals surface area contributed by atoms with Crippen molar-refractivity contribution < 1.29 is 4.79 Å². The predicted molar refractivity (Wildman–Crippen MR) is 55.0 cm³/mol. The van der Waals surface area contributed by atoms with Gasteiger partial charge in [0, 0.05) is 11.6 Å². The molecule has 1 aromatic carbocycles. The van der Waals surface area contributed by atoms with E-state index in [1.54, 1.807) is 6.07 Å². The van der Waals surface area contributed by atoms with Gasteiger partial charge in [0.25, 0.3) is 0 Å². The number of carbonyl (C=O) groups excluding carboxylic acids is 1. The van der Waals surface area contributed by atoms with Gasteiger partial charge < -0.3 is 11.5 Å². The maximum absolute atomic E-state index is 11.1.